The highest BCUT2D eigenvalue weighted by Crippen LogP contribution is 2.28. The molecule has 0 spiro atoms. The number of rotatable bonds is 4. The summed E-state index contributed by atoms with van der Waals surface area (Å²) < 4.78 is 5.32. The lowest BCUT2D eigenvalue weighted by Crippen LogP contribution is -2.25. The number of fused-ring (bicyclic) bond motifs is 1. The molecule has 6 nitrogen and oxygen atoms in total. The van der Waals surface area contributed by atoms with Crippen LogP contribution in [0.1, 0.15) is 17.0 Å². The maximum absolute atomic E-state index is 11.3. The van der Waals surface area contributed by atoms with Crippen molar-refractivity contribution in [3.63, 3.8) is 0 Å². The Balaban J connectivity index is 1.59. The van der Waals surface area contributed by atoms with Gasteiger partial charge in [-0.2, -0.15) is 0 Å². The third-order valence-corrected chi connectivity index (χ3v) is 3.15. The third kappa shape index (κ3) is 3.35. The number of nitrogens with one attached hydrogen (secondary N) is 2. The van der Waals surface area contributed by atoms with Crippen molar-refractivity contribution in [2.45, 2.75) is 20.0 Å². The lowest BCUT2D eigenvalue weighted by atomic mass is 10.1. The topological polar surface area (TPSA) is 76.1 Å². The highest BCUT2D eigenvalue weighted by Gasteiger charge is 2.15. The van der Waals surface area contributed by atoms with Gasteiger partial charge in [0.25, 0.3) is 5.91 Å². The zero-order valence-corrected chi connectivity index (χ0v) is 11.7. The SMILES string of the molecule is Cc1cnc(CNCc2ccc3c(c2)NC(=O)CO3)cn1. The summed E-state index contributed by atoms with van der Waals surface area (Å²) in [6, 6.07) is 5.77. The van der Waals surface area contributed by atoms with Crippen molar-refractivity contribution in [3.05, 3.63) is 47.5 Å². The number of ether oxygens (including phenoxy) is 1. The highest BCUT2D eigenvalue weighted by atomic mass is 16.5. The molecule has 0 unspecified atom stereocenters. The van der Waals surface area contributed by atoms with E-state index in [2.05, 4.69) is 20.6 Å². The average molecular weight is 284 g/mol. The number of benzene rings is 1. The van der Waals surface area contributed by atoms with Crippen molar-refractivity contribution >= 4 is 11.6 Å². The Kier molecular flexibility index (Phi) is 3.79. The van der Waals surface area contributed by atoms with Gasteiger partial charge in [-0.1, -0.05) is 6.07 Å². The van der Waals surface area contributed by atoms with Crippen molar-refractivity contribution < 1.29 is 9.53 Å². The summed E-state index contributed by atoms with van der Waals surface area (Å²) in [6.45, 7) is 3.32. The van der Waals surface area contributed by atoms with E-state index in [1.165, 1.54) is 0 Å². The summed E-state index contributed by atoms with van der Waals surface area (Å²) >= 11 is 0. The predicted octanol–water partition coefficient (Wildman–Crippen LogP) is 1.41. The summed E-state index contributed by atoms with van der Waals surface area (Å²) in [7, 11) is 0. The largest absolute Gasteiger partial charge is 0.482 e. The fourth-order valence-corrected chi connectivity index (χ4v) is 2.09. The van der Waals surface area contributed by atoms with Gasteiger partial charge in [-0.05, 0) is 24.6 Å². The molecule has 0 radical (unpaired) electrons. The van der Waals surface area contributed by atoms with Gasteiger partial charge >= 0.3 is 0 Å². The number of aryl methyl sites for hydroxylation is 1. The Bertz CT molecular complexity index is 655. The maximum Gasteiger partial charge on any atom is 0.262 e. The van der Waals surface area contributed by atoms with Crippen LogP contribution in [-0.4, -0.2) is 22.5 Å². The lowest BCUT2D eigenvalue weighted by Gasteiger charge is -2.18. The molecule has 108 valence electrons. The minimum Gasteiger partial charge on any atom is -0.482 e. The number of anilines is 1. The van der Waals surface area contributed by atoms with Gasteiger partial charge in [0.2, 0.25) is 0 Å². The fourth-order valence-electron chi connectivity index (χ4n) is 2.09. The number of carbonyl (C=O) groups excluding carboxylic acids is 1. The van der Waals surface area contributed by atoms with Crippen molar-refractivity contribution in [1.29, 1.82) is 0 Å². The molecule has 0 atom stereocenters. The zero-order chi connectivity index (χ0) is 14.7. The van der Waals surface area contributed by atoms with E-state index in [4.69, 9.17) is 4.74 Å². The normalized spacial score (nSPS) is 13.3. The molecular formula is C15H16N4O2. The smallest absolute Gasteiger partial charge is 0.262 e. The Hall–Kier alpha value is -2.47. The zero-order valence-electron chi connectivity index (χ0n) is 11.7. The third-order valence-electron chi connectivity index (χ3n) is 3.15. The van der Waals surface area contributed by atoms with Gasteiger partial charge in [0.15, 0.2) is 6.61 Å². The van der Waals surface area contributed by atoms with E-state index < -0.39 is 0 Å². The monoisotopic (exact) mass is 284 g/mol. The molecule has 6 heteroatoms. The highest BCUT2D eigenvalue weighted by molar-refractivity contribution is 5.95. The summed E-state index contributed by atoms with van der Waals surface area (Å²) in [6.07, 6.45) is 3.52. The maximum atomic E-state index is 11.3. The molecule has 0 aliphatic carbocycles. The first kappa shape index (κ1) is 13.5. The second-order valence-corrected chi connectivity index (χ2v) is 4.92. The number of hydrogen-bond donors (Lipinski definition) is 2. The standard InChI is InChI=1S/C15H16N4O2/c1-10-5-18-12(8-17-10)7-16-6-11-2-3-14-13(4-11)19-15(20)9-21-14/h2-5,8,16H,6-7,9H2,1H3,(H,19,20). The molecular weight excluding hydrogens is 268 g/mol. The van der Waals surface area contributed by atoms with E-state index >= 15 is 0 Å². The molecule has 2 N–H and O–H groups in total. The molecule has 0 bridgehead atoms. The van der Waals surface area contributed by atoms with Crippen molar-refractivity contribution in [3.8, 4) is 5.75 Å². The fraction of sp³-hybridized carbons (Fsp3) is 0.267. The molecule has 3 rings (SSSR count). The van der Waals surface area contributed by atoms with E-state index in [9.17, 15) is 4.79 Å². The molecule has 1 aromatic carbocycles. The van der Waals surface area contributed by atoms with E-state index in [0.29, 0.717) is 18.8 Å². The number of hydrogen-bond acceptors (Lipinski definition) is 5. The number of aromatic nitrogens is 2. The van der Waals surface area contributed by atoms with Gasteiger partial charge in [0, 0.05) is 25.5 Å². The van der Waals surface area contributed by atoms with Gasteiger partial charge in [0.05, 0.1) is 17.1 Å². The Labute approximate surface area is 122 Å². The van der Waals surface area contributed by atoms with Crippen LogP contribution in [0.4, 0.5) is 5.69 Å². The van der Waals surface area contributed by atoms with Crippen LogP contribution in [0.5, 0.6) is 5.75 Å². The summed E-state index contributed by atoms with van der Waals surface area (Å²) in [4.78, 5) is 19.8. The van der Waals surface area contributed by atoms with Gasteiger partial charge in [0.1, 0.15) is 5.75 Å². The summed E-state index contributed by atoms with van der Waals surface area (Å²) in [5.41, 5.74) is 3.60. The van der Waals surface area contributed by atoms with Crippen molar-refractivity contribution in [2.75, 3.05) is 11.9 Å². The first-order valence-corrected chi connectivity index (χ1v) is 6.74. The van der Waals surface area contributed by atoms with Crippen LogP contribution in [0.25, 0.3) is 0 Å². The Morgan fingerprint density at radius 2 is 2.19 bits per heavy atom. The summed E-state index contributed by atoms with van der Waals surface area (Å²) in [5.74, 6) is 0.588. The summed E-state index contributed by atoms with van der Waals surface area (Å²) in [5, 5.41) is 6.10. The van der Waals surface area contributed by atoms with Crippen LogP contribution in [0.2, 0.25) is 0 Å². The minimum absolute atomic E-state index is 0.0800. The molecule has 1 aromatic heterocycles. The average Bonchev–Trinajstić information content (AvgIpc) is 2.49. The molecule has 0 saturated carbocycles. The first-order valence-electron chi connectivity index (χ1n) is 6.74. The molecule has 2 aromatic rings. The molecule has 21 heavy (non-hydrogen) atoms. The van der Waals surface area contributed by atoms with E-state index in [0.717, 1.165) is 22.6 Å². The predicted molar refractivity (Wildman–Crippen MR) is 77.9 cm³/mol. The van der Waals surface area contributed by atoms with E-state index in [1.807, 2.05) is 25.1 Å². The van der Waals surface area contributed by atoms with Gasteiger partial charge < -0.3 is 15.4 Å². The number of carbonyl (C=O) groups is 1. The Morgan fingerprint density at radius 3 is 3.00 bits per heavy atom. The molecule has 0 fully saturated rings. The van der Waals surface area contributed by atoms with Crippen molar-refractivity contribution in [2.24, 2.45) is 0 Å². The van der Waals surface area contributed by atoms with Crippen LogP contribution in [0, 0.1) is 6.92 Å². The number of amides is 1. The van der Waals surface area contributed by atoms with Gasteiger partial charge in [-0.3, -0.25) is 14.8 Å². The number of nitrogens with zero attached hydrogens (tertiary/aromatic N) is 2. The second-order valence-electron chi connectivity index (χ2n) is 4.92. The van der Waals surface area contributed by atoms with Gasteiger partial charge in [-0.15, -0.1) is 0 Å². The van der Waals surface area contributed by atoms with Crippen LogP contribution in [0.15, 0.2) is 30.6 Å². The van der Waals surface area contributed by atoms with Crippen LogP contribution < -0.4 is 15.4 Å². The van der Waals surface area contributed by atoms with Crippen LogP contribution >= 0.6 is 0 Å². The van der Waals surface area contributed by atoms with Crippen LogP contribution in [0.3, 0.4) is 0 Å². The Morgan fingerprint density at radius 1 is 1.29 bits per heavy atom. The second kappa shape index (κ2) is 5.88. The quantitative estimate of drug-likeness (QED) is 0.887. The lowest BCUT2D eigenvalue weighted by molar-refractivity contribution is -0.118. The molecule has 2 heterocycles. The molecule has 1 amide bonds. The van der Waals surface area contributed by atoms with Crippen molar-refractivity contribution in [1.82, 2.24) is 15.3 Å². The molecule has 1 aliphatic heterocycles. The van der Waals surface area contributed by atoms with E-state index in [-0.39, 0.29) is 12.5 Å². The first-order chi connectivity index (χ1) is 10.2. The molecule has 1 aliphatic rings. The van der Waals surface area contributed by atoms with Gasteiger partial charge in [-0.25, -0.2) is 0 Å². The molecule has 0 saturated heterocycles. The minimum atomic E-state index is -0.123. The van der Waals surface area contributed by atoms with Crippen LogP contribution in [-0.2, 0) is 17.9 Å². The van der Waals surface area contributed by atoms with E-state index in [1.54, 1.807) is 12.4 Å².